The van der Waals surface area contributed by atoms with Crippen molar-refractivity contribution in [1.29, 1.82) is 5.26 Å². The van der Waals surface area contributed by atoms with E-state index in [4.69, 9.17) is 4.74 Å². The van der Waals surface area contributed by atoms with Crippen LogP contribution in [0.3, 0.4) is 0 Å². The van der Waals surface area contributed by atoms with E-state index in [1.165, 1.54) is 4.90 Å². The molecule has 3 saturated heterocycles. The number of ether oxygens (including phenoxy) is 1. The number of alkyl carbamates (subject to hydrolysis) is 1. The molecule has 3 unspecified atom stereocenters. The van der Waals surface area contributed by atoms with Crippen LogP contribution < -0.4 is 5.32 Å². The predicted molar refractivity (Wildman–Crippen MR) is 142 cm³/mol. The highest BCUT2D eigenvalue weighted by Gasteiger charge is 2.52. The van der Waals surface area contributed by atoms with Crippen molar-refractivity contribution in [2.45, 2.75) is 82.8 Å². The van der Waals surface area contributed by atoms with Crippen LogP contribution in [0.15, 0.2) is 24.3 Å². The molecule has 40 heavy (non-hydrogen) atoms. The van der Waals surface area contributed by atoms with E-state index in [1.54, 1.807) is 20.8 Å². The van der Waals surface area contributed by atoms with Gasteiger partial charge >= 0.3 is 6.09 Å². The quantitative estimate of drug-likeness (QED) is 0.523. The highest BCUT2D eigenvalue weighted by molar-refractivity contribution is 5.88. The van der Waals surface area contributed by atoms with E-state index >= 15 is 0 Å². The van der Waals surface area contributed by atoms with E-state index < -0.39 is 29.8 Å². The van der Waals surface area contributed by atoms with Gasteiger partial charge in [-0.2, -0.15) is 10.5 Å². The monoisotopic (exact) mass is 549 g/mol. The van der Waals surface area contributed by atoms with Crippen molar-refractivity contribution in [3.8, 4) is 17.5 Å². The van der Waals surface area contributed by atoms with Crippen LogP contribution in [0.25, 0.3) is 11.4 Å². The first-order chi connectivity index (χ1) is 19.1. The minimum Gasteiger partial charge on any atom is -0.444 e. The lowest BCUT2D eigenvalue weighted by molar-refractivity contribution is -0.141. The number of piperazine rings is 1. The number of fused-ring (bicyclic) bond motifs is 2. The number of carbonyl (C=O) groups is 3. The largest absolute Gasteiger partial charge is 0.444 e. The number of hydrogen-bond acceptors (Lipinski definition) is 9. The summed E-state index contributed by atoms with van der Waals surface area (Å²) < 4.78 is 5.42. The van der Waals surface area contributed by atoms with Gasteiger partial charge in [-0.1, -0.05) is 18.2 Å². The summed E-state index contributed by atoms with van der Waals surface area (Å²) in [6.45, 7) is 8.46. The number of aromatic amines is 1. The third kappa shape index (κ3) is 5.49. The van der Waals surface area contributed by atoms with Gasteiger partial charge in [-0.25, -0.2) is 4.79 Å². The van der Waals surface area contributed by atoms with Crippen LogP contribution in [-0.2, 0) is 14.3 Å². The third-order valence-corrected chi connectivity index (χ3v) is 7.80. The summed E-state index contributed by atoms with van der Waals surface area (Å²) in [4.78, 5) is 45.3. The van der Waals surface area contributed by atoms with E-state index in [-0.39, 0.29) is 30.4 Å². The maximum atomic E-state index is 13.6. The van der Waals surface area contributed by atoms with Crippen LogP contribution in [0.4, 0.5) is 4.79 Å². The summed E-state index contributed by atoms with van der Waals surface area (Å²) in [5.41, 5.74) is 1.04. The molecule has 0 saturated carbocycles. The second-order valence-corrected chi connectivity index (χ2v) is 11.7. The minimum absolute atomic E-state index is 0.00625. The van der Waals surface area contributed by atoms with Crippen molar-refractivity contribution in [3.05, 3.63) is 29.8 Å². The maximum absolute atomic E-state index is 13.6. The Bertz CT molecular complexity index is 1300. The Morgan fingerprint density at radius 3 is 2.80 bits per heavy atom. The topological polar surface area (TPSA) is 160 Å². The Labute approximate surface area is 232 Å². The zero-order valence-electron chi connectivity index (χ0n) is 23.2. The van der Waals surface area contributed by atoms with Gasteiger partial charge in [0, 0.05) is 31.2 Å². The molecule has 2 aromatic rings. The van der Waals surface area contributed by atoms with Gasteiger partial charge in [0.15, 0.2) is 0 Å². The number of amides is 3. The summed E-state index contributed by atoms with van der Waals surface area (Å²) in [7, 11) is 0. The summed E-state index contributed by atoms with van der Waals surface area (Å²) in [5, 5.41) is 26.4. The fraction of sp³-hybridized carbons (Fsp3) is 0.593. The zero-order chi connectivity index (χ0) is 28.6. The molecule has 1 aromatic carbocycles. The predicted octanol–water partition coefficient (Wildman–Crippen LogP) is 1.62. The molecule has 4 heterocycles. The molecule has 3 amide bonds. The number of benzene rings is 1. The van der Waals surface area contributed by atoms with Crippen molar-refractivity contribution >= 4 is 17.9 Å². The normalized spacial score (nSPS) is 24.2. The summed E-state index contributed by atoms with van der Waals surface area (Å²) in [6.07, 6.45) is 1.28. The van der Waals surface area contributed by atoms with Crippen LogP contribution in [0.5, 0.6) is 0 Å². The fourth-order valence-corrected chi connectivity index (χ4v) is 6.02. The lowest BCUT2D eigenvalue weighted by Gasteiger charge is -2.39. The average Bonchev–Trinajstić information content (AvgIpc) is 3.71. The highest BCUT2D eigenvalue weighted by Crippen LogP contribution is 2.38. The maximum Gasteiger partial charge on any atom is 0.408 e. The van der Waals surface area contributed by atoms with Crippen LogP contribution in [-0.4, -0.2) is 103 Å². The van der Waals surface area contributed by atoms with Gasteiger partial charge in [0.25, 0.3) is 0 Å². The Morgan fingerprint density at radius 2 is 2.12 bits per heavy atom. The molecule has 212 valence electrons. The molecule has 0 radical (unpaired) electrons. The number of tetrazole rings is 1. The number of likely N-dealkylation sites (tertiary alicyclic amines) is 3. The van der Waals surface area contributed by atoms with Crippen molar-refractivity contribution in [3.63, 3.8) is 0 Å². The lowest BCUT2D eigenvalue weighted by Crippen LogP contribution is -2.59. The first-order valence-electron chi connectivity index (χ1n) is 13.7. The van der Waals surface area contributed by atoms with E-state index in [0.717, 1.165) is 17.5 Å². The Morgan fingerprint density at radius 1 is 1.32 bits per heavy atom. The first kappa shape index (κ1) is 27.5. The standard InChI is InChI=1S/C27H35N9O4/c1-16(17-7-5-8-18(11-17)23-30-32-33-31-23)36-20-12-22(25(36)38)34(14-20)15-21(29-26(39)40-27(2,3)4)24(37)35-10-6-9-19(35)13-28/h5,7-8,11,16,19-22H,6,9-10,12,14-15H2,1-4H3,(H,29,39)(H,30,31,32,33)/t16?,19-,20?,21-,22?/m0/s1. The molecular weight excluding hydrogens is 514 g/mol. The zero-order valence-corrected chi connectivity index (χ0v) is 23.2. The van der Waals surface area contributed by atoms with Gasteiger partial charge in [-0.05, 0) is 63.8 Å². The Hall–Kier alpha value is -4.05. The van der Waals surface area contributed by atoms with Gasteiger partial charge in [-0.3, -0.25) is 14.5 Å². The second kappa shape index (κ2) is 10.8. The number of H-pyrrole nitrogens is 1. The van der Waals surface area contributed by atoms with Gasteiger partial charge in [-0.15, -0.1) is 10.2 Å². The summed E-state index contributed by atoms with van der Waals surface area (Å²) >= 11 is 0. The number of hydrogen-bond donors (Lipinski definition) is 2. The molecule has 5 rings (SSSR count). The van der Waals surface area contributed by atoms with Gasteiger partial charge in [0.05, 0.1) is 18.2 Å². The molecule has 0 aliphatic carbocycles. The van der Waals surface area contributed by atoms with E-state index in [2.05, 4.69) is 32.0 Å². The number of rotatable bonds is 7. The molecule has 13 nitrogen and oxygen atoms in total. The van der Waals surface area contributed by atoms with Gasteiger partial charge in [0.2, 0.25) is 17.6 Å². The molecule has 3 aliphatic rings. The van der Waals surface area contributed by atoms with Crippen molar-refractivity contribution in [2.24, 2.45) is 0 Å². The number of aromatic nitrogens is 4. The van der Waals surface area contributed by atoms with Crippen molar-refractivity contribution in [1.82, 2.24) is 40.6 Å². The minimum atomic E-state index is -0.937. The molecule has 2 N–H and O–H groups in total. The smallest absolute Gasteiger partial charge is 0.408 e. The average molecular weight is 550 g/mol. The van der Waals surface area contributed by atoms with Gasteiger partial charge in [0.1, 0.15) is 17.7 Å². The van der Waals surface area contributed by atoms with E-state index in [1.807, 2.05) is 41.0 Å². The van der Waals surface area contributed by atoms with Crippen LogP contribution in [0.2, 0.25) is 0 Å². The molecule has 0 spiro atoms. The highest BCUT2D eigenvalue weighted by atomic mass is 16.6. The molecule has 5 atom stereocenters. The third-order valence-electron chi connectivity index (χ3n) is 7.80. The summed E-state index contributed by atoms with van der Waals surface area (Å²) in [5.74, 6) is 0.154. The lowest BCUT2D eigenvalue weighted by atomic mass is 10.0. The number of nitriles is 1. The molecule has 1 aromatic heterocycles. The first-order valence-corrected chi connectivity index (χ1v) is 13.7. The van der Waals surface area contributed by atoms with Crippen molar-refractivity contribution in [2.75, 3.05) is 19.6 Å². The van der Waals surface area contributed by atoms with Crippen LogP contribution >= 0.6 is 0 Å². The molecule has 3 fully saturated rings. The molecule has 3 aliphatic heterocycles. The Kier molecular flexibility index (Phi) is 7.46. The summed E-state index contributed by atoms with van der Waals surface area (Å²) in [6, 6.07) is 7.89. The molecule has 13 heteroatoms. The number of nitrogens with zero attached hydrogens (tertiary/aromatic N) is 7. The second-order valence-electron chi connectivity index (χ2n) is 11.7. The molecular formula is C27H35N9O4. The number of nitrogens with one attached hydrogen (secondary N) is 2. The fourth-order valence-electron chi connectivity index (χ4n) is 6.02. The SMILES string of the molecule is CC(c1cccc(-c2nn[nH]n2)c1)N1C(=O)C2CC1CN2C[C@H](NC(=O)OC(C)(C)C)C(=O)N1CCC[C@H]1C#N. The molecule has 2 bridgehead atoms. The van der Waals surface area contributed by atoms with Gasteiger partial charge < -0.3 is 19.9 Å². The Balaban J connectivity index is 1.30. The van der Waals surface area contributed by atoms with Crippen LogP contribution in [0.1, 0.15) is 58.6 Å². The number of carbonyl (C=O) groups excluding carboxylic acids is 3. The van der Waals surface area contributed by atoms with Crippen molar-refractivity contribution < 1.29 is 19.1 Å². The van der Waals surface area contributed by atoms with E-state index in [0.29, 0.717) is 31.8 Å². The van der Waals surface area contributed by atoms with Crippen LogP contribution in [0, 0.1) is 11.3 Å². The van der Waals surface area contributed by atoms with E-state index in [9.17, 15) is 19.6 Å².